The molecule has 0 fully saturated rings. The molecule has 1 aromatic carbocycles. The zero-order valence-electron chi connectivity index (χ0n) is 21.8. The van der Waals surface area contributed by atoms with Crippen molar-refractivity contribution in [2.45, 2.75) is 20.8 Å². The molecule has 0 spiro atoms. The maximum atomic E-state index is 2.43. The van der Waals surface area contributed by atoms with Crippen molar-refractivity contribution in [3.05, 3.63) is 83.1 Å². The lowest BCUT2D eigenvalue weighted by Crippen LogP contribution is -2.36. The molecule has 4 heterocycles. The van der Waals surface area contributed by atoms with E-state index in [1.54, 1.807) is 0 Å². The standard InChI is InChI=1S/C25H25BS12/c1-12-8-13(2)17(14(3)9-12)26(15-10-31-22(33-15)24-35-18(27-4)19(28-5)36-24)16-11-32-23(34-16)25-37-20(29-6)21(30-7)38-25/h8-11H,1-7H3. The quantitative estimate of drug-likeness (QED) is 0.246. The molecular formula is C25H25BS12. The summed E-state index contributed by atoms with van der Waals surface area (Å²) in [6.45, 7) is 7.08. The predicted molar refractivity (Wildman–Crippen MR) is 205 cm³/mol. The first-order valence-corrected chi connectivity index (χ1v) is 22.9. The Kier molecular flexibility index (Phi) is 11.7. The molecule has 1 aromatic rings. The molecule has 5 rings (SSSR count). The zero-order chi connectivity index (χ0) is 27.0. The minimum absolute atomic E-state index is 0.274. The highest BCUT2D eigenvalue weighted by atomic mass is 32.3. The van der Waals surface area contributed by atoms with Crippen LogP contribution in [-0.2, 0) is 0 Å². The summed E-state index contributed by atoms with van der Waals surface area (Å²) in [5, 5.41) is 4.87. The number of thioether (sulfide) groups is 12. The van der Waals surface area contributed by atoms with E-state index in [1.807, 2.05) is 141 Å². The van der Waals surface area contributed by atoms with E-state index in [2.05, 4.69) is 68.7 Å². The van der Waals surface area contributed by atoms with Crippen LogP contribution in [0.1, 0.15) is 16.7 Å². The Bertz CT molecular complexity index is 1220. The van der Waals surface area contributed by atoms with Crippen molar-refractivity contribution in [3.8, 4) is 0 Å². The van der Waals surface area contributed by atoms with E-state index in [1.165, 1.54) is 65.7 Å². The fraction of sp³-hybridized carbons (Fsp3) is 0.280. The lowest BCUT2D eigenvalue weighted by Gasteiger charge is -2.21. The molecule has 0 saturated carbocycles. The Morgan fingerprint density at radius 2 is 0.895 bits per heavy atom. The first-order chi connectivity index (χ1) is 18.4. The molecule has 0 aliphatic carbocycles. The first kappa shape index (κ1) is 31.4. The highest BCUT2D eigenvalue weighted by Gasteiger charge is 2.38. The number of benzene rings is 1. The first-order valence-electron chi connectivity index (χ1n) is 11.4. The van der Waals surface area contributed by atoms with Crippen LogP contribution in [0.25, 0.3) is 0 Å². The SMILES string of the molecule is CSC1=C(SC)SC(=C2SC=C(B(C3=CSC(=C4SC(SC)=C(SC)S4)S3)c3c(C)cc(C)cc3C)S2)S1. The third kappa shape index (κ3) is 6.69. The van der Waals surface area contributed by atoms with Crippen LogP contribution < -0.4 is 5.46 Å². The normalized spacial score (nSPS) is 20.0. The van der Waals surface area contributed by atoms with Crippen LogP contribution in [-0.4, -0.2) is 31.7 Å². The van der Waals surface area contributed by atoms with Gasteiger partial charge in [-0.15, -0.1) is 47.0 Å². The number of hydrogen-bond acceptors (Lipinski definition) is 12. The Morgan fingerprint density at radius 1 is 0.526 bits per heavy atom. The largest absolute Gasteiger partial charge is 0.259 e. The molecule has 200 valence electrons. The van der Waals surface area contributed by atoms with Gasteiger partial charge in [0, 0.05) is 0 Å². The minimum Gasteiger partial charge on any atom is -0.121 e. The lowest BCUT2D eigenvalue weighted by molar-refractivity contribution is 1.35. The summed E-state index contributed by atoms with van der Waals surface area (Å²) in [6.07, 6.45) is 8.77. The van der Waals surface area contributed by atoms with Crippen LogP contribution in [0.3, 0.4) is 0 Å². The molecule has 0 aromatic heterocycles. The van der Waals surface area contributed by atoms with Crippen molar-refractivity contribution in [2.75, 3.05) is 25.0 Å². The van der Waals surface area contributed by atoms with Gasteiger partial charge in [0.25, 0.3) is 6.71 Å². The van der Waals surface area contributed by atoms with Gasteiger partial charge in [-0.2, -0.15) is 0 Å². The zero-order valence-corrected chi connectivity index (χ0v) is 31.6. The molecule has 4 aliphatic rings. The van der Waals surface area contributed by atoms with Crippen LogP contribution in [0.5, 0.6) is 0 Å². The summed E-state index contributed by atoms with van der Waals surface area (Å²) < 4.78 is 11.5. The van der Waals surface area contributed by atoms with Crippen molar-refractivity contribution in [1.29, 1.82) is 0 Å². The smallest absolute Gasteiger partial charge is 0.121 e. The van der Waals surface area contributed by atoms with E-state index < -0.39 is 0 Å². The number of aryl methyl sites for hydroxylation is 3. The van der Waals surface area contributed by atoms with E-state index in [-0.39, 0.29) is 6.71 Å². The molecule has 38 heavy (non-hydrogen) atoms. The molecular weight excluding hydrogens is 696 g/mol. The fourth-order valence-corrected chi connectivity index (χ4v) is 19.9. The van der Waals surface area contributed by atoms with E-state index in [0.29, 0.717) is 0 Å². The summed E-state index contributed by atoms with van der Waals surface area (Å²) in [5.74, 6) is 0. The Hall–Kier alpha value is 1.92. The van der Waals surface area contributed by atoms with Crippen molar-refractivity contribution in [1.82, 2.24) is 0 Å². The van der Waals surface area contributed by atoms with E-state index in [0.717, 1.165) is 0 Å². The van der Waals surface area contributed by atoms with Gasteiger partial charge < -0.3 is 0 Å². The second-order valence-electron chi connectivity index (χ2n) is 8.25. The Balaban J connectivity index is 1.45. The molecule has 0 unspecified atom stereocenters. The summed E-state index contributed by atoms with van der Waals surface area (Å²) in [6, 6.07) is 4.72. The average molecular weight is 721 g/mol. The topological polar surface area (TPSA) is 0 Å². The highest BCUT2D eigenvalue weighted by Crippen LogP contribution is 2.64. The molecule has 0 bridgehead atoms. The third-order valence-electron chi connectivity index (χ3n) is 5.73. The summed E-state index contributed by atoms with van der Waals surface area (Å²) >= 11 is 23.2. The van der Waals surface area contributed by atoms with Gasteiger partial charge in [-0.05, 0) is 66.2 Å². The van der Waals surface area contributed by atoms with E-state index in [4.69, 9.17) is 0 Å². The van der Waals surface area contributed by atoms with Crippen LogP contribution in [0, 0.1) is 20.8 Å². The van der Waals surface area contributed by atoms with Crippen LogP contribution in [0.4, 0.5) is 0 Å². The van der Waals surface area contributed by atoms with Gasteiger partial charge in [-0.1, -0.05) is 128 Å². The number of hydrogen-bond donors (Lipinski definition) is 0. The molecule has 13 heteroatoms. The maximum Gasteiger partial charge on any atom is 0.259 e. The highest BCUT2D eigenvalue weighted by molar-refractivity contribution is 8.43. The van der Waals surface area contributed by atoms with Gasteiger partial charge in [0.05, 0.1) is 33.9 Å². The van der Waals surface area contributed by atoms with Crippen LogP contribution in [0.15, 0.2) is 66.5 Å². The van der Waals surface area contributed by atoms with Gasteiger partial charge in [-0.3, -0.25) is 0 Å². The second kappa shape index (κ2) is 14.1. The molecule has 0 N–H and O–H groups in total. The van der Waals surface area contributed by atoms with Gasteiger partial charge in [0.1, 0.15) is 0 Å². The molecule has 0 atom stereocenters. The van der Waals surface area contributed by atoms with Crippen LogP contribution in [0.2, 0.25) is 0 Å². The summed E-state index contributed by atoms with van der Waals surface area (Å²) in [4.78, 5) is 2.92. The minimum atomic E-state index is 0.274. The summed E-state index contributed by atoms with van der Waals surface area (Å²) in [7, 11) is 0. The van der Waals surface area contributed by atoms with Gasteiger partial charge in [-0.25, -0.2) is 0 Å². The van der Waals surface area contributed by atoms with Gasteiger partial charge >= 0.3 is 0 Å². The maximum absolute atomic E-state index is 2.43. The Morgan fingerprint density at radius 3 is 1.24 bits per heavy atom. The van der Waals surface area contributed by atoms with Crippen molar-refractivity contribution in [3.63, 3.8) is 0 Å². The van der Waals surface area contributed by atoms with Crippen LogP contribution >= 0.6 is 141 Å². The van der Waals surface area contributed by atoms with E-state index in [9.17, 15) is 0 Å². The second-order valence-corrected chi connectivity index (χ2v) is 21.6. The molecule has 0 radical (unpaired) electrons. The summed E-state index contributed by atoms with van der Waals surface area (Å²) in [5.41, 5.74) is 5.62. The van der Waals surface area contributed by atoms with Gasteiger partial charge in [0.15, 0.2) is 0 Å². The average Bonchev–Trinajstić information content (AvgIpc) is 3.70. The lowest BCUT2D eigenvalue weighted by atomic mass is 9.43. The van der Waals surface area contributed by atoms with Crippen molar-refractivity contribution >= 4 is 153 Å². The fourth-order valence-electron chi connectivity index (χ4n) is 4.25. The van der Waals surface area contributed by atoms with Crippen molar-refractivity contribution in [2.24, 2.45) is 0 Å². The monoisotopic (exact) mass is 720 g/mol. The molecule has 0 nitrogen and oxygen atoms in total. The van der Waals surface area contributed by atoms with E-state index >= 15 is 0 Å². The predicted octanol–water partition coefficient (Wildman–Crippen LogP) is 12.0. The van der Waals surface area contributed by atoms with Gasteiger partial charge in [0.2, 0.25) is 0 Å². The van der Waals surface area contributed by atoms with Crippen molar-refractivity contribution < 1.29 is 0 Å². The third-order valence-corrected chi connectivity index (χ3v) is 22.1. The molecule has 4 aliphatic heterocycles. The Labute approximate surface area is 279 Å². The molecule has 0 saturated heterocycles. The number of rotatable bonds is 7. The molecule has 0 amide bonds.